The minimum Gasteiger partial charge on any atom is -0.202 e. The van der Waals surface area contributed by atoms with Gasteiger partial charge < -0.3 is 0 Å². The Kier molecular flexibility index (Phi) is 5.40. The minimum atomic E-state index is -2.11. The summed E-state index contributed by atoms with van der Waals surface area (Å²) < 4.78 is 69.1. The maximum atomic E-state index is 14.4. The summed E-state index contributed by atoms with van der Waals surface area (Å²) >= 11 is 7.07. The van der Waals surface area contributed by atoms with Gasteiger partial charge >= 0.3 is 0 Å². The van der Waals surface area contributed by atoms with Gasteiger partial charge in [0.15, 0.2) is 23.3 Å². The third-order valence-electron chi connectivity index (χ3n) is 5.23. The summed E-state index contributed by atoms with van der Waals surface area (Å²) in [4.78, 5) is -0.637. The monoisotopic (exact) mass is 432 g/mol. The van der Waals surface area contributed by atoms with Crippen molar-refractivity contribution in [2.45, 2.75) is 48.0 Å². The molecule has 1 aliphatic heterocycles. The highest BCUT2D eigenvalue weighted by Gasteiger charge is 2.53. The summed E-state index contributed by atoms with van der Waals surface area (Å²) in [5.41, 5.74) is 1.06. The van der Waals surface area contributed by atoms with Gasteiger partial charge in [-0.05, 0) is 32.1 Å². The van der Waals surface area contributed by atoms with Crippen LogP contribution in [0.1, 0.15) is 33.1 Å². The van der Waals surface area contributed by atoms with E-state index in [1.807, 2.05) is 13.8 Å². The summed E-state index contributed by atoms with van der Waals surface area (Å²) in [6, 6.07) is 0. The summed E-state index contributed by atoms with van der Waals surface area (Å²) in [6.45, 7) is 7.86. The second kappa shape index (κ2) is 6.84. The van der Waals surface area contributed by atoms with Gasteiger partial charge in [0, 0.05) is 15.1 Å². The summed E-state index contributed by atoms with van der Waals surface area (Å²) in [7, 11) is -1.61. The van der Waals surface area contributed by atoms with Crippen LogP contribution in [0.5, 0.6) is 0 Å². The summed E-state index contributed by atoms with van der Waals surface area (Å²) in [6.07, 6.45) is 2.27. The van der Waals surface area contributed by atoms with E-state index in [0.717, 1.165) is 18.4 Å². The molecule has 3 rings (SSSR count). The highest BCUT2D eigenvalue weighted by atomic mass is 33.2. The van der Waals surface area contributed by atoms with Crippen LogP contribution in [0.3, 0.4) is 0 Å². The van der Waals surface area contributed by atoms with Crippen LogP contribution < -0.4 is 0 Å². The third kappa shape index (κ3) is 3.01. The largest absolute Gasteiger partial charge is 0.202 e. The maximum absolute atomic E-state index is 14.4. The fraction of sp³-hybridized carbons (Fsp3) is 0.500. The molecule has 9 heteroatoms. The molecule has 0 aromatic heterocycles. The zero-order valence-electron chi connectivity index (χ0n) is 13.6. The van der Waals surface area contributed by atoms with Gasteiger partial charge in [0.25, 0.3) is 0 Å². The fourth-order valence-electron chi connectivity index (χ4n) is 3.66. The molecule has 1 saturated carbocycles. The molecule has 0 N–H and O–H groups in total. The lowest BCUT2D eigenvalue weighted by molar-refractivity contribution is 0.350. The van der Waals surface area contributed by atoms with Gasteiger partial charge in [0.2, 0.25) is 5.82 Å². The average Bonchev–Trinajstić information content (AvgIpc) is 2.81. The van der Waals surface area contributed by atoms with Gasteiger partial charge in [-0.2, -0.15) is 10.5 Å². The lowest BCUT2D eigenvalue weighted by Gasteiger charge is -2.44. The van der Waals surface area contributed by atoms with Crippen LogP contribution in [0.15, 0.2) is 17.0 Å². The van der Waals surface area contributed by atoms with E-state index in [1.54, 1.807) is 0 Å². The van der Waals surface area contributed by atoms with Crippen molar-refractivity contribution in [1.29, 1.82) is 0 Å². The summed E-state index contributed by atoms with van der Waals surface area (Å²) in [5, 5.41) is -1.65. The Morgan fingerprint density at radius 1 is 1.16 bits per heavy atom. The Balaban J connectivity index is 2.11. The van der Waals surface area contributed by atoms with Crippen LogP contribution in [-0.2, 0) is 11.8 Å². The van der Waals surface area contributed by atoms with Gasteiger partial charge in [-0.15, -0.1) is 11.4 Å². The first-order valence-corrected chi connectivity index (χ1v) is 14.2. The molecule has 1 saturated heterocycles. The van der Waals surface area contributed by atoms with E-state index in [4.69, 9.17) is 11.8 Å². The average molecular weight is 432 g/mol. The Labute approximate surface area is 155 Å². The molecule has 0 radical (unpaired) electrons. The predicted molar refractivity (Wildman–Crippen MR) is 101 cm³/mol. The number of benzene rings is 1. The quantitative estimate of drug-likeness (QED) is 0.142. The van der Waals surface area contributed by atoms with Crippen molar-refractivity contribution in [3.63, 3.8) is 0 Å². The molecule has 1 heterocycles. The van der Waals surface area contributed by atoms with Crippen molar-refractivity contribution in [2.75, 3.05) is 0 Å². The van der Waals surface area contributed by atoms with Gasteiger partial charge in [-0.25, -0.2) is 22.0 Å². The van der Waals surface area contributed by atoms with Crippen LogP contribution in [0.2, 0.25) is 0 Å². The molecule has 140 valence electrons. The number of hydrogen-bond donors (Lipinski definition) is 1. The SMILES string of the molecule is C=C(C)[C@H]1CC[C@]2(C)[C@@H](C1)S[PH](=S)[SH]2c1c(F)c(F)c(F)c(F)c1F. The van der Waals surface area contributed by atoms with E-state index in [1.165, 1.54) is 11.4 Å². The minimum absolute atomic E-state index is 0.0791. The first-order chi connectivity index (χ1) is 11.6. The van der Waals surface area contributed by atoms with Crippen LogP contribution in [0.25, 0.3) is 0 Å². The van der Waals surface area contributed by atoms with E-state index in [9.17, 15) is 22.0 Å². The first-order valence-electron chi connectivity index (χ1n) is 7.77. The molecule has 1 aliphatic carbocycles. The van der Waals surface area contributed by atoms with E-state index >= 15 is 0 Å². The van der Waals surface area contributed by atoms with Crippen molar-refractivity contribution >= 4 is 38.8 Å². The molecular weight excluding hydrogens is 414 g/mol. The number of allylic oxidation sites excluding steroid dienone is 1. The molecule has 0 bridgehead atoms. The molecule has 1 aromatic rings. The zero-order valence-corrected chi connectivity index (χ0v) is 17.2. The molecule has 2 unspecified atom stereocenters. The lowest BCUT2D eigenvalue weighted by atomic mass is 9.79. The highest BCUT2D eigenvalue weighted by molar-refractivity contribution is 9.01. The molecule has 0 amide bonds. The third-order valence-corrected chi connectivity index (χ3v) is 19.2. The van der Waals surface area contributed by atoms with E-state index in [0.29, 0.717) is 12.3 Å². The Morgan fingerprint density at radius 3 is 2.20 bits per heavy atom. The predicted octanol–water partition coefficient (Wildman–Crippen LogP) is 6.50. The fourth-order valence-corrected chi connectivity index (χ4v) is 22.0. The number of thiol groups is 1. The van der Waals surface area contributed by atoms with Crippen molar-refractivity contribution in [2.24, 2.45) is 5.92 Å². The maximum Gasteiger partial charge on any atom is 0.200 e. The standard InChI is InChI=1S/C16H18F5PS3/c1-7(2)8-4-5-16(3)9(6-8)24-22(23)25(16)15-13(20)11(18)10(17)12(19)14(15)21/h8-9,22,25H,1,4-6H2,2-3H3/t8-,9+,16+/m0/s1. The second-order valence-electron chi connectivity index (χ2n) is 6.80. The van der Waals surface area contributed by atoms with Crippen LogP contribution in [0, 0.1) is 35.0 Å². The molecule has 0 nitrogen and oxygen atoms in total. The zero-order chi connectivity index (χ0) is 18.7. The van der Waals surface area contributed by atoms with E-state index in [2.05, 4.69) is 6.58 Å². The smallest absolute Gasteiger partial charge is 0.200 e. The molecule has 2 fully saturated rings. The van der Waals surface area contributed by atoms with Gasteiger partial charge in [0.1, 0.15) is 0 Å². The topological polar surface area (TPSA) is 0 Å². The van der Waals surface area contributed by atoms with E-state index < -0.39 is 54.3 Å². The molecule has 5 atom stereocenters. The number of rotatable bonds is 2. The Bertz CT molecular complexity index is 755. The molecular formula is C16H18F5PS3. The number of halogens is 5. The molecule has 0 spiro atoms. The van der Waals surface area contributed by atoms with Gasteiger partial charge in [-0.1, -0.05) is 30.9 Å². The number of fused-ring (bicyclic) bond motifs is 1. The number of hydrogen-bond acceptors (Lipinski definition) is 2. The van der Waals surface area contributed by atoms with Crippen molar-refractivity contribution in [3.05, 3.63) is 41.2 Å². The lowest BCUT2D eigenvalue weighted by Crippen LogP contribution is -2.39. The molecule has 1 aromatic carbocycles. The Morgan fingerprint density at radius 2 is 1.68 bits per heavy atom. The Hall–Kier alpha value is -0.0400. The molecule has 25 heavy (non-hydrogen) atoms. The van der Waals surface area contributed by atoms with Crippen molar-refractivity contribution in [3.8, 4) is 0 Å². The van der Waals surface area contributed by atoms with Gasteiger partial charge in [0.05, 0.1) is 4.90 Å². The molecule has 2 aliphatic rings. The van der Waals surface area contributed by atoms with Gasteiger partial charge in [-0.3, -0.25) is 0 Å². The first kappa shape index (κ1) is 19.7. The van der Waals surface area contributed by atoms with E-state index in [-0.39, 0.29) is 5.25 Å². The van der Waals surface area contributed by atoms with Crippen molar-refractivity contribution in [1.82, 2.24) is 0 Å². The summed E-state index contributed by atoms with van der Waals surface area (Å²) in [5.74, 6) is -8.91. The van der Waals surface area contributed by atoms with Crippen LogP contribution in [0.4, 0.5) is 22.0 Å². The van der Waals surface area contributed by atoms with Crippen molar-refractivity contribution < 1.29 is 22.0 Å². The normalized spacial score (nSPS) is 36.3. The van der Waals surface area contributed by atoms with Crippen LogP contribution in [-0.4, -0.2) is 10.00 Å². The highest BCUT2D eigenvalue weighted by Crippen LogP contribution is 2.83. The van der Waals surface area contributed by atoms with Crippen LogP contribution >= 0.6 is 27.0 Å². The second-order valence-corrected chi connectivity index (χ2v) is 18.7.